The van der Waals surface area contributed by atoms with Crippen LogP contribution in [0, 0.1) is 24.0 Å². The zero-order valence-corrected chi connectivity index (χ0v) is 17.9. The Morgan fingerprint density at radius 3 is 2.53 bits per heavy atom. The molecule has 1 amide bonds. The van der Waals surface area contributed by atoms with E-state index in [1.165, 1.54) is 44.7 Å². The van der Waals surface area contributed by atoms with E-state index in [0.717, 1.165) is 17.0 Å². The zero-order chi connectivity index (χ0) is 23.4. The topological polar surface area (TPSA) is 128 Å². The molecule has 0 radical (unpaired) electrons. The van der Waals surface area contributed by atoms with Crippen molar-refractivity contribution in [3.8, 4) is 22.9 Å². The molecule has 32 heavy (non-hydrogen) atoms. The Kier molecular flexibility index (Phi) is 6.43. The number of ether oxygens (including phenoxy) is 2. The number of phenols is 1. The van der Waals surface area contributed by atoms with Crippen molar-refractivity contribution in [3.63, 3.8) is 0 Å². The maximum atomic E-state index is 12.3. The Hall–Kier alpha value is -4.34. The molecule has 1 heterocycles. The van der Waals surface area contributed by atoms with E-state index in [1.807, 2.05) is 24.5 Å². The molecule has 10 heteroatoms. The van der Waals surface area contributed by atoms with Crippen LogP contribution >= 0.6 is 0 Å². The summed E-state index contributed by atoms with van der Waals surface area (Å²) in [5.74, 6) is -0.0165. The monoisotopic (exact) mass is 438 g/mol. The number of nitro groups is 1. The van der Waals surface area contributed by atoms with Crippen molar-refractivity contribution in [2.24, 2.45) is 5.10 Å². The molecule has 1 aromatic heterocycles. The number of carbonyl (C=O) groups excluding carboxylic acids is 1. The van der Waals surface area contributed by atoms with Gasteiger partial charge in [-0.25, -0.2) is 5.43 Å². The number of phenolic OH excluding ortho intramolecular Hbond substituents is 1. The van der Waals surface area contributed by atoms with E-state index in [2.05, 4.69) is 10.5 Å². The lowest BCUT2D eigenvalue weighted by atomic mass is 10.2. The predicted octanol–water partition coefficient (Wildman–Crippen LogP) is 3.49. The van der Waals surface area contributed by atoms with E-state index < -0.39 is 10.8 Å². The number of non-ortho nitro benzene ring substituents is 1. The first-order valence-corrected chi connectivity index (χ1v) is 9.49. The molecule has 10 nitrogen and oxygen atoms in total. The van der Waals surface area contributed by atoms with E-state index in [9.17, 15) is 20.0 Å². The van der Waals surface area contributed by atoms with Crippen LogP contribution in [-0.2, 0) is 0 Å². The third kappa shape index (κ3) is 4.38. The normalized spacial score (nSPS) is 10.9. The Labute approximate surface area is 183 Å². The van der Waals surface area contributed by atoms with Gasteiger partial charge in [0.15, 0.2) is 0 Å². The van der Waals surface area contributed by atoms with Crippen LogP contribution in [0.2, 0.25) is 0 Å². The van der Waals surface area contributed by atoms with E-state index >= 15 is 0 Å². The molecule has 3 rings (SSSR count). The van der Waals surface area contributed by atoms with Gasteiger partial charge in [-0.05, 0) is 38.1 Å². The van der Waals surface area contributed by atoms with Crippen LogP contribution in [0.4, 0.5) is 5.69 Å². The predicted molar refractivity (Wildman–Crippen MR) is 118 cm³/mol. The SMILES string of the molecule is COc1ccc(C(=O)N/N=C\c2cc(C)n(-c3ccc([N+](=O)[O-])cc3OC)c2C)c(O)c1. The average molecular weight is 438 g/mol. The quantitative estimate of drug-likeness (QED) is 0.330. The molecule has 0 bridgehead atoms. The fourth-order valence-electron chi connectivity index (χ4n) is 3.30. The summed E-state index contributed by atoms with van der Waals surface area (Å²) in [5, 5.41) is 25.0. The summed E-state index contributed by atoms with van der Waals surface area (Å²) >= 11 is 0. The molecule has 0 unspecified atom stereocenters. The highest BCUT2D eigenvalue weighted by Gasteiger charge is 2.17. The minimum absolute atomic E-state index is 0.0593. The summed E-state index contributed by atoms with van der Waals surface area (Å²) in [6, 6.07) is 10.6. The number of benzene rings is 2. The van der Waals surface area contributed by atoms with Crippen LogP contribution in [0.3, 0.4) is 0 Å². The molecule has 3 aromatic rings. The minimum atomic E-state index is -0.577. The van der Waals surface area contributed by atoms with Gasteiger partial charge in [0.2, 0.25) is 0 Å². The number of hydrazone groups is 1. The van der Waals surface area contributed by atoms with Crippen LogP contribution in [0.25, 0.3) is 5.69 Å². The fraction of sp³-hybridized carbons (Fsp3) is 0.182. The maximum absolute atomic E-state index is 12.3. The first-order valence-electron chi connectivity index (χ1n) is 9.49. The Balaban J connectivity index is 1.85. The van der Waals surface area contributed by atoms with Crippen LogP contribution < -0.4 is 14.9 Å². The molecule has 0 saturated heterocycles. The van der Waals surface area contributed by atoms with Gasteiger partial charge in [-0.1, -0.05) is 0 Å². The number of amides is 1. The highest BCUT2D eigenvalue weighted by atomic mass is 16.6. The van der Waals surface area contributed by atoms with Crippen molar-refractivity contribution in [1.82, 2.24) is 9.99 Å². The average Bonchev–Trinajstić information content (AvgIpc) is 3.05. The van der Waals surface area contributed by atoms with Gasteiger partial charge >= 0.3 is 0 Å². The number of nitrogens with zero attached hydrogens (tertiary/aromatic N) is 3. The summed E-state index contributed by atoms with van der Waals surface area (Å²) < 4.78 is 12.2. The van der Waals surface area contributed by atoms with Crippen molar-refractivity contribution in [2.45, 2.75) is 13.8 Å². The number of aromatic nitrogens is 1. The van der Waals surface area contributed by atoms with Crippen molar-refractivity contribution in [2.75, 3.05) is 14.2 Å². The molecule has 0 aliphatic heterocycles. The van der Waals surface area contributed by atoms with Gasteiger partial charge in [0.05, 0.1) is 42.7 Å². The van der Waals surface area contributed by atoms with Gasteiger partial charge in [-0.15, -0.1) is 0 Å². The number of rotatable bonds is 7. The highest BCUT2D eigenvalue weighted by molar-refractivity contribution is 5.97. The number of hydrogen-bond acceptors (Lipinski definition) is 7. The standard InChI is InChI=1S/C22H22N4O6/c1-13-9-15(12-23-24-22(28)18-7-6-17(31-3)11-20(18)27)14(2)25(13)19-8-5-16(26(29)30)10-21(19)32-4/h5-12,27H,1-4H3,(H,24,28)/b23-12-. The molecule has 0 aliphatic carbocycles. The summed E-state index contributed by atoms with van der Waals surface area (Å²) in [4.78, 5) is 22.9. The number of nitro benzene ring substituents is 1. The second kappa shape index (κ2) is 9.21. The summed E-state index contributed by atoms with van der Waals surface area (Å²) in [6.07, 6.45) is 1.48. The molecular weight excluding hydrogens is 416 g/mol. The molecule has 0 saturated carbocycles. The van der Waals surface area contributed by atoms with Gasteiger partial charge in [0.1, 0.15) is 17.2 Å². The van der Waals surface area contributed by atoms with Gasteiger partial charge in [0.25, 0.3) is 11.6 Å². The number of carbonyl (C=O) groups is 1. The van der Waals surface area contributed by atoms with Gasteiger partial charge in [-0.3, -0.25) is 14.9 Å². The lowest BCUT2D eigenvalue weighted by molar-refractivity contribution is -0.384. The van der Waals surface area contributed by atoms with Crippen molar-refractivity contribution < 1.29 is 24.3 Å². The first-order chi connectivity index (χ1) is 15.3. The molecule has 2 N–H and O–H groups in total. The third-order valence-electron chi connectivity index (χ3n) is 4.90. The van der Waals surface area contributed by atoms with E-state index in [1.54, 1.807) is 12.1 Å². The highest BCUT2D eigenvalue weighted by Crippen LogP contribution is 2.31. The number of aryl methyl sites for hydroxylation is 1. The third-order valence-corrected chi connectivity index (χ3v) is 4.90. The smallest absolute Gasteiger partial charge is 0.275 e. The molecule has 0 spiro atoms. The van der Waals surface area contributed by atoms with Crippen molar-refractivity contribution in [1.29, 1.82) is 0 Å². The van der Waals surface area contributed by atoms with Gasteiger partial charge in [-0.2, -0.15) is 5.10 Å². The summed E-state index contributed by atoms with van der Waals surface area (Å²) in [7, 11) is 2.91. The number of nitrogens with one attached hydrogen (secondary N) is 1. The van der Waals surface area contributed by atoms with Crippen LogP contribution in [-0.4, -0.2) is 40.9 Å². The molecule has 0 aliphatic rings. The maximum Gasteiger partial charge on any atom is 0.275 e. The Bertz CT molecular complexity index is 1220. The van der Waals surface area contributed by atoms with E-state index in [4.69, 9.17) is 9.47 Å². The lowest BCUT2D eigenvalue weighted by Crippen LogP contribution is -2.17. The number of aromatic hydroxyl groups is 1. The number of methoxy groups -OCH3 is 2. The second-order valence-electron chi connectivity index (χ2n) is 6.86. The second-order valence-corrected chi connectivity index (χ2v) is 6.86. The summed E-state index contributed by atoms with van der Waals surface area (Å²) in [5.41, 5.74) is 5.37. The Morgan fingerprint density at radius 2 is 1.91 bits per heavy atom. The van der Waals surface area contributed by atoms with Crippen molar-refractivity contribution in [3.05, 3.63) is 75.1 Å². The molecule has 0 atom stereocenters. The van der Waals surface area contributed by atoms with Gasteiger partial charge in [0, 0.05) is 29.1 Å². The fourth-order valence-corrected chi connectivity index (χ4v) is 3.30. The molecular formula is C22H22N4O6. The van der Waals surface area contributed by atoms with Crippen LogP contribution in [0.1, 0.15) is 27.3 Å². The van der Waals surface area contributed by atoms with Crippen LogP contribution in [0.5, 0.6) is 17.2 Å². The molecule has 166 valence electrons. The molecule has 2 aromatic carbocycles. The van der Waals surface area contributed by atoms with Crippen molar-refractivity contribution >= 4 is 17.8 Å². The molecule has 0 fully saturated rings. The van der Waals surface area contributed by atoms with Gasteiger partial charge < -0.3 is 19.1 Å². The van der Waals surface area contributed by atoms with Crippen LogP contribution in [0.15, 0.2) is 47.6 Å². The van der Waals surface area contributed by atoms with E-state index in [-0.39, 0.29) is 17.0 Å². The lowest BCUT2D eigenvalue weighted by Gasteiger charge is -2.13. The number of hydrogen-bond donors (Lipinski definition) is 2. The minimum Gasteiger partial charge on any atom is -0.507 e. The largest absolute Gasteiger partial charge is 0.507 e. The first kappa shape index (κ1) is 22.3. The van der Waals surface area contributed by atoms with E-state index in [0.29, 0.717) is 17.2 Å². The zero-order valence-electron chi connectivity index (χ0n) is 17.9. The summed E-state index contributed by atoms with van der Waals surface area (Å²) in [6.45, 7) is 3.73. The Morgan fingerprint density at radius 1 is 1.16 bits per heavy atom.